The molecule has 0 aliphatic rings. The van der Waals surface area contributed by atoms with Crippen molar-refractivity contribution in [2.75, 3.05) is 20.3 Å². The summed E-state index contributed by atoms with van der Waals surface area (Å²) < 4.78 is 45.4. The van der Waals surface area contributed by atoms with Crippen molar-refractivity contribution in [1.82, 2.24) is 9.97 Å². The average molecular weight is 450 g/mol. The maximum absolute atomic E-state index is 15.1. The van der Waals surface area contributed by atoms with Crippen LogP contribution in [0.25, 0.3) is 11.0 Å². The SMILES string of the molecule is COCCOc1cnc2ccc(C(=O)c3c(F)ccc(OCc4ccccc4)c3F)cc2n1. The molecule has 4 rings (SSSR count). The number of methoxy groups -OCH3 is 1. The van der Waals surface area contributed by atoms with Gasteiger partial charge in [-0.1, -0.05) is 30.3 Å². The second-order valence-corrected chi connectivity index (χ2v) is 7.09. The van der Waals surface area contributed by atoms with Crippen LogP contribution in [0.4, 0.5) is 8.78 Å². The van der Waals surface area contributed by atoms with Crippen molar-refractivity contribution < 1.29 is 27.8 Å². The quantitative estimate of drug-likeness (QED) is 0.271. The topological polar surface area (TPSA) is 70.5 Å². The van der Waals surface area contributed by atoms with Gasteiger partial charge in [-0.15, -0.1) is 0 Å². The summed E-state index contributed by atoms with van der Waals surface area (Å²) >= 11 is 0. The zero-order chi connectivity index (χ0) is 23.2. The zero-order valence-electron chi connectivity index (χ0n) is 17.8. The molecule has 3 aromatic carbocycles. The van der Waals surface area contributed by atoms with Gasteiger partial charge in [0, 0.05) is 12.7 Å². The predicted molar refractivity (Wildman–Crippen MR) is 117 cm³/mol. The fourth-order valence-electron chi connectivity index (χ4n) is 3.17. The number of halogens is 2. The lowest BCUT2D eigenvalue weighted by Crippen LogP contribution is -2.10. The Bertz CT molecular complexity index is 1280. The van der Waals surface area contributed by atoms with E-state index < -0.39 is 23.0 Å². The Morgan fingerprint density at radius 2 is 1.76 bits per heavy atom. The van der Waals surface area contributed by atoms with Gasteiger partial charge < -0.3 is 14.2 Å². The van der Waals surface area contributed by atoms with Crippen molar-refractivity contribution in [3.8, 4) is 11.6 Å². The molecular weight excluding hydrogens is 430 g/mol. The highest BCUT2D eigenvalue weighted by Gasteiger charge is 2.23. The number of carbonyl (C=O) groups is 1. The van der Waals surface area contributed by atoms with Crippen molar-refractivity contribution in [2.24, 2.45) is 0 Å². The summed E-state index contributed by atoms with van der Waals surface area (Å²) in [5, 5.41) is 0. The number of rotatable bonds is 9. The van der Waals surface area contributed by atoms with Gasteiger partial charge in [0.1, 0.15) is 19.0 Å². The lowest BCUT2D eigenvalue weighted by atomic mass is 10.0. The van der Waals surface area contributed by atoms with E-state index in [0.29, 0.717) is 17.6 Å². The van der Waals surface area contributed by atoms with E-state index in [1.54, 1.807) is 13.2 Å². The van der Waals surface area contributed by atoms with Crippen LogP contribution >= 0.6 is 0 Å². The third-order valence-electron chi connectivity index (χ3n) is 4.84. The molecule has 1 aromatic heterocycles. The minimum absolute atomic E-state index is 0.0591. The van der Waals surface area contributed by atoms with Gasteiger partial charge in [0.15, 0.2) is 17.3 Å². The number of ketones is 1. The molecule has 0 unspecified atom stereocenters. The molecule has 0 spiro atoms. The second kappa shape index (κ2) is 10.1. The number of hydrogen-bond acceptors (Lipinski definition) is 6. The Balaban J connectivity index is 1.61. The fraction of sp³-hybridized carbons (Fsp3) is 0.160. The molecule has 4 aromatic rings. The second-order valence-electron chi connectivity index (χ2n) is 7.09. The van der Waals surface area contributed by atoms with Gasteiger partial charge in [-0.3, -0.25) is 4.79 Å². The van der Waals surface area contributed by atoms with Crippen molar-refractivity contribution in [2.45, 2.75) is 6.61 Å². The fourth-order valence-corrected chi connectivity index (χ4v) is 3.17. The summed E-state index contributed by atoms with van der Waals surface area (Å²) in [6.07, 6.45) is 1.45. The molecule has 0 radical (unpaired) electrons. The summed E-state index contributed by atoms with van der Waals surface area (Å²) in [4.78, 5) is 21.6. The minimum atomic E-state index is -1.06. The number of hydrogen-bond donors (Lipinski definition) is 0. The highest BCUT2D eigenvalue weighted by molar-refractivity contribution is 6.10. The molecule has 6 nitrogen and oxygen atoms in total. The summed E-state index contributed by atoms with van der Waals surface area (Å²) in [6, 6.07) is 15.7. The van der Waals surface area contributed by atoms with Crippen LogP contribution in [0.2, 0.25) is 0 Å². The van der Waals surface area contributed by atoms with E-state index in [-0.39, 0.29) is 30.4 Å². The van der Waals surface area contributed by atoms with E-state index in [1.165, 1.54) is 24.4 Å². The standard InChI is InChI=1S/C25H20F2N2O4/c1-31-11-12-32-22-14-28-19-9-7-17(13-20(19)29-22)25(30)23-18(26)8-10-21(24(23)27)33-15-16-5-3-2-4-6-16/h2-10,13-14H,11-12,15H2,1H3. The van der Waals surface area contributed by atoms with E-state index in [9.17, 15) is 9.18 Å². The third kappa shape index (κ3) is 5.12. The normalized spacial score (nSPS) is 10.9. The molecule has 8 heteroatoms. The van der Waals surface area contributed by atoms with Crippen LogP contribution in [0, 0.1) is 11.6 Å². The lowest BCUT2D eigenvalue weighted by molar-refractivity contribution is 0.103. The first-order valence-electron chi connectivity index (χ1n) is 10.1. The Morgan fingerprint density at radius 3 is 2.55 bits per heavy atom. The van der Waals surface area contributed by atoms with Crippen LogP contribution in [-0.2, 0) is 11.3 Å². The van der Waals surface area contributed by atoms with Gasteiger partial charge in [-0.05, 0) is 35.9 Å². The molecule has 0 saturated heterocycles. The molecule has 0 atom stereocenters. The van der Waals surface area contributed by atoms with E-state index in [1.807, 2.05) is 30.3 Å². The van der Waals surface area contributed by atoms with Crippen LogP contribution in [0.15, 0.2) is 66.9 Å². The zero-order valence-corrected chi connectivity index (χ0v) is 17.8. The van der Waals surface area contributed by atoms with Crippen molar-refractivity contribution >= 4 is 16.8 Å². The summed E-state index contributed by atoms with van der Waals surface area (Å²) in [5.74, 6) is -2.83. The first-order chi connectivity index (χ1) is 16.1. The Labute approximate surface area is 188 Å². The van der Waals surface area contributed by atoms with E-state index in [2.05, 4.69) is 9.97 Å². The van der Waals surface area contributed by atoms with Gasteiger partial charge in [0.05, 0.1) is 29.4 Å². The molecular formula is C25H20F2N2O4. The van der Waals surface area contributed by atoms with Crippen LogP contribution in [-0.4, -0.2) is 36.1 Å². The van der Waals surface area contributed by atoms with Crippen molar-refractivity contribution in [1.29, 1.82) is 0 Å². The van der Waals surface area contributed by atoms with Crippen LogP contribution in [0.3, 0.4) is 0 Å². The van der Waals surface area contributed by atoms with Crippen LogP contribution in [0.1, 0.15) is 21.5 Å². The number of fused-ring (bicyclic) bond motifs is 1. The van der Waals surface area contributed by atoms with Gasteiger partial charge in [-0.2, -0.15) is 0 Å². The molecule has 0 aliphatic carbocycles. The molecule has 0 bridgehead atoms. The molecule has 0 aliphatic heterocycles. The molecule has 168 valence electrons. The number of carbonyl (C=O) groups excluding carboxylic acids is 1. The Kier molecular flexibility index (Phi) is 6.85. The van der Waals surface area contributed by atoms with Gasteiger partial charge >= 0.3 is 0 Å². The van der Waals surface area contributed by atoms with Crippen LogP contribution < -0.4 is 9.47 Å². The molecule has 33 heavy (non-hydrogen) atoms. The number of aromatic nitrogens is 2. The first kappa shape index (κ1) is 22.3. The van der Waals surface area contributed by atoms with Gasteiger partial charge in [-0.25, -0.2) is 18.7 Å². The third-order valence-corrected chi connectivity index (χ3v) is 4.84. The van der Waals surface area contributed by atoms with E-state index in [4.69, 9.17) is 14.2 Å². The minimum Gasteiger partial charge on any atom is -0.486 e. The summed E-state index contributed by atoms with van der Waals surface area (Å²) in [5.41, 5.74) is 1.04. The molecule has 0 saturated carbocycles. The highest BCUT2D eigenvalue weighted by atomic mass is 19.1. The molecule has 0 amide bonds. The predicted octanol–water partition coefficient (Wildman–Crippen LogP) is 4.74. The number of nitrogens with zero attached hydrogens (tertiary/aromatic N) is 2. The highest BCUT2D eigenvalue weighted by Crippen LogP contribution is 2.27. The summed E-state index contributed by atoms with van der Waals surface area (Å²) in [7, 11) is 1.55. The van der Waals surface area contributed by atoms with Crippen molar-refractivity contribution in [3.63, 3.8) is 0 Å². The Morgan fingerprint density at radius 1 is 0.939 bits per heavy atom. The molecule has 0 fully saturated rings. The Hall–Kier alpha value is -3.91. The maximum Gasteiger partial charge on any atom is 0.232 e. The monoisotopic (exact) mass is 450 g/mol. The number of ether oxygens (including phenoxy) is 3. The first-order valence-corrected chi connectivity index (χ1v) is 10.1. The largest absolute Gasteiger partial charge is 0.486 e. The van der Waals surface area contributed by atoms with E-state index >= 15 is 4.39 Å². The summed E-state index contributed by atoms with van der Waals surface area (Å²) in [6.45, 7) is 0.732. The average Bonchev–Trinajstić information content (AvgIpc) is 2.84. The van der Waals surface area contributed by atoms with Crippen LogP contribution in [0.5, 0.6) is 11.6 Å². The van der Waals surface area contributed by atoms with E-state index in [0.717, 1.165) is 11.6 Å². The maximum atomic E-state index is 15.1. The smallest absolute Gasteiger partial charge is 0.232 e. The van der Waals surface area contributed by atoms with Crippen molar-refractivity contribution in [3.05, 3.63) is 95.2 Å². The van der Waals surface area contributed by atoms with Gasteiger partial charge in [0.2, 0.25) is 5.88 Å². The molecule has 0 N–H and O–H groups in total. The molecule has 1 heterocycles. The van der Waals surface area contributed by atoms with Gasteiger partial charge in [0.25, 0.3) is 0 Å². The number of benzene rings is 3. The lowest BCUT2D eigenvalue weighted by Gasteiger charge is -2.11.